The van der Waals surface area contributed by atoms with Gasteiger partial charge in [0.05, 0.1) is 6.10 Å². The number of hydrogen-bond donors (Lipinski definition) is 0. The van der Waals surface area contributed by atoms with Crippen molar-refractivity contribution in [1.82, 2.24) is 0 Å². The van der Waals surface area contributed by atoms with Crippen molar-refractivity contribution in [3.05, 3.63) is 0 Å². The van der Waals surface area contributed by atoms with Gasteiger partial charge in [-0.25, -0.2) is 0 Å². The summed E-state index contributed by atoms with van der Waals surface area (Å²) in [7, 11) is 0. The van der Waals surface area contributed by atoms with E-state index in [1.54, 1.807) is 0 Å². The summed E-state index contributed by atoms with van der Waals surface area (Å²) in [6.45, 7) is 3.24. The molecule has 62 valence electrons. The zero-order valence-corrected chi connectivity index (χ0v) is 6.64. The minimum Gasteiger partial charge on any atom is -0.378 e. The third-order valence-electron chi connectivity index (χ3n) is 1.90. The molecule has 10 heavy (non-hydrogen) atoms. The van der Waals surface area contributed by atoms with Gasteiger partial charge in [-0.1, -0.05) is 19.8 Å². The fraction of sp³-hybridized carbons (Fsp3) is 1.00. The second kappa shape index (κ2) is 5.66. The first-order valence-electron chi connectivity index (χ1n) is 4.05. The van der Waals surface area contributed by atoms with Crippen LogP contribution in [0.15, 0.2) is 0 Å². The molecule has 1 fully saturated rings. The lowest BCUT2D eigenvalue weighted by Gasteiger charge is -2.06. The number of rotatable bonds is 3. The van der Waals surface area contributed by atoms with Gasteiger partial charge in [0.15, 0.2) is 0 Å². The topological polar surface area (TPSA) is 9.23 Å². The van der Waals surface area contributed by atoms with Gasteiger partial charge >= 0.3 is 0 Å². The predicted molar refractivity (Wildman–Crippen MR) is 41.0 cm³/mol. The van der Waals surface area contributed by atoms with Gasteiger partial charge in [-0.2, -0.15) is 0 Å². The molecule has 1 aliphatic rings. The number of ether oxygens (including phenoxy) is 1. The Hall–Kier alpha value is -0.110. The first kappa shape index (κ1) is 9.89. The van der Waals surface area contributed by atoms with Crippen LogP contribution < -0.4 is 0 Å². The van der Waals surface area contributed by atoms with E-state index in [9.17, 15) is 0 Å². The van der Waals surface area contributed by atoms with E-state index in [-0.39, 0.29) is 4.70 Å². The van der Waals surface area contributed by atoms with Crippen LogP contribution in [0.2, 0.25) is 0 Å². The van der Waals surface area contributed by atoms with Gasteiger partial charge < -0.3 is 4.74 Å². The number of hydrogen-bond acceptors (Lipinski definition) is 1. The Kier molecular flexibility index (Phi) is 5.60. The third-order valence-corrected chi connectivity index (χ3v) is 1.90. The molecule has 1 heterocycles. The fourth-order valence-corrected chi connectivity index (χ4v) is 1.30. The lowest BCUT2D eigenvalue weighted by atomic mass is 10.1. The van der Waals surface area contributed by atoms with Crippen LogP contribution in [0, 0.1) is 0 Å². The molecule has 0 aliphatic carbocycles. The van der Waals surface area contributed by atoms with E-state index in [0.717, 1.165) is 6.61 Å². The quantitative estimate of drug-likeness (QED) is 0.597. The maximum absolute atomic E-state index is 5.46. The highest BCUT2D eigenvalue weighted by molar-refractivity contribution is 4.63. The van der Waals surface area contributed by atoms with Crippen LogP contribution in [0.25, 0.3) is 0 Å². The highest BCUT2D eigenvalue weighted by atomic mass is 19.0. The Morgan fingerprint density at radius 1 is 1.50 bits per heavy atom. The van der Waals surface area contributed by atoms with Crippen LogP contribution >= 0.6 is 0 Å². The molecule has 0 radical (unpaired) electrons. The lowest BCUT2D eigenvalue weighted by Crippen LogP contribution is -2.03. The van der Waals surface area contributed by atoms with Crippen molar-refractivity contribution >= 4 is 0 Å². The highest BCUT2D eigenvalue weighted by Crippen LogP contribution is 2.17. The smallest absolute Gasteiger partial charge is 0.0576 e. The molecule has 1 rings (SSSR count). The van der Waals surface area contributed by atoms with Crippen molar-refractivity contribution in [2.45, 2.75) is 45.1 Å². The first-order chi connectivity index (χ1) is 4.43. The minimum absolute atomic E-state index is 0. The zero-order chi connectivity index (χ0) is 6.53. The van der Waals surface area contributed by atoms with E-state index in [2.05, 4.69) is 6.92 Å². The van der Waals surface area contributed by atoms with Gasteiger partial charge in [0.1, 0.15) is 0 Å². The Balaban J connectivity index is 0.000000810. The van der Waals surface area contributed by atoms with Crippen LogP contribution in [-0.4, -0.2) is 12.7 Å². The first-order valence-corrected chi connectivity index (χ1v) is 4.05. The molecule has 0 spiro atoms. The summed E-state index contributed by atoms with van der Waals surface area (Å²) in [6, 6.07) is 0. The maximum Gasteiger partial charge on any atom is 0.0576 e. The van der Waals surface area contributed by atoms with Crippen molar-refractivity contribution in [3.63, 3.8) is 0 Å². The minimum atomic E-state index is 0. The van der Waals surface area contributed by atoms with E-state index < -0.39 is 0 Å². The SMILES string of the molecule is CCCCC1CCCO1.F. The molecule has 0 aromatic carbocycles. The van der Waals surface area contributed by atoms with E-state index >= 15 is 0 Å². The zero-order valence-electron chi connectivity index (χ0n) is 6.64. The summed E-state index contributed by atoms with van der Waals surface area (Å²) >= 11 is 0. The van der Waals surface area contributed by atoms with Gasteiger partial charge in [0.25, 0.3) is 0 Å². The fourth-order valence-electron chi connectivity index (χ4n) is 1.30. The summed E-state index contributed by atoms with van der Waals surface area (Å²) in [5, 5.41) is 0. The van der Waals surface area contributed by atoms with Crippen LogP contribution in [-0.2, 0) is 4.74 Å². The molecule has 0 saturated carbocycles. The predicted octanol–water partition coefficient (Wildman–Crippen LogP) is 2.51. The molecular weight excluding hydrogens is 131 g/mol. The highest BCUT2D eigenvalue weighted by Gasteiger charge is 2.13. The Bertz CT molecular complexity index is 69.7. The summed E-state index contributed by atoms with van der Waals surface area (Å²) < 4.78 is 5.46. The molecule has 1 saturated heterocycles. The average molecular weight is 148 g/mol. The summed E-state index contributed by atoms with van der Waals surface area (Å²) in [4.78, 5) is 0. The second-order valence-corrected chi connectivity index (χ2v) is 2.78. The molecule has 1 unspecified atom stereocenters. The Morgan fingerprint density at radius 3 is 2.80 bits per heavy atom. The maximum atomic E-state index is 5.46. The normalized spacial score (nSPS) is 24.3. The number of halogens is 1. The summed E-state index contributed by atoms with van der Waals surface area (Å²) in [5.41, 5.74) is 0. The van der Waals surface area contributed by atoms with E-state index in [4.69, 9.17) is 4.74 Å². The van der Waals surface area contributed by atoms with Crippen molar-refractivity contribution in [2.24, 2.45) is 0 Å². The van der Waals surface area contributed by atoms with E-state index in [1.807, 2.05) is 0 Å². The van der Waals surface area contributed by atoms with E-state index in [1.165, 1.54) is 32.1 Å². The van der Waals surface area contributed by atoms with Crippen molar-refractivity contribution in [3.8, 4) is 0 Å². The van der Waals surface area contributed by atoms with Gasteiger partial charge in [-0.15, -0.1) is 0 Å². The van der Waals surface area contributed by atoms with Crippen LogP contribution in [0.3, 0.4) is 0 Å². The largest absolute Gasteiger partial charge is 0.378 e. The average Bonchev–Trinajstić information content (AvgIpc) is 2.34. The van der Waals surface area contributed by atoms with Crippen LogP contribution in [0.4, 0.5) is 4.70 Å². The van der Waals surface area contributed by atoms with Gasteiger partial charge in [0, 0.05) is 6.61 Å². The van der Waals surface area contributed by atoms with E-state index in [0.29, 0.717) is 6.10 Å². The van der Waals surface area contributed by atoms with Gasteiger partial charge in [0.2, 0.25) is 0 Å². The van der Waals surface area contributed by atoms with Gasteiger partial charge in [-0.3, -0.25) is 4.70 Å². The molecule has 1 atom stereocenters. The van der Waals surface area contributed by atoms with Crippen LogP contribution in [0.5, 0.6) is 0 Å². The molecule has 0 aromatic heterocycles. The molecule has 0 amide bonds. The third kappa shape index (κ3) is 3.16. The molecule has 0 bridgehead atoms. The summed E-state index contributed by atoms with van der Waals surface area (Å²) in [5.74, 6) is 0. The van der Waals surface area contributed by atoms with Crippen molar-refractivity contribution in [1.29, 1.82) is 0 Å². The molecule has 0 N–H and O–H groups in total. The van der Waals surface area contributed by atoms with Crippen molar-refractivity contribution < 1.29 is 9.44 Å². The second-order valence-electron chi connectivity index (χ2n) is 2.78. The molecule has 2 heteroatoms. The Labute approximate surface area is 62.1 Å². The Morgan fingerprint density at radius 2 is 2.30 bits per heavy atom. The molecule has 1 nitrogen and oxygen atoms in total. The standard InChI is InChI=1S/C8H16O.FH/c1-2-3-5-8-6-4-7-9-8;/h8H,2-7H2,1H3;1H. The van der Waals surface area contributed by atoms with Crippen molar-refractivity contribution in [2.75, 3.05) is 6.61 Å². The molecule has 1 aliphatic heterocycles. The lowest BCUT2D eigenvalue weighted by molar-refractivity contribution is 0.102. The molecule has 0 aromatic rings. The molecular formula is C8H17FO. The van der Waals surface area contributed by atoms with Crippen LogP contribution in [0.1, 0.15) is 39.0 Å². The monoisotopic (exact) mass is 148 g/mol. The van der Waals surface area contributed by atoms with Gasteiger partial charge in [-0.05, 0) is 19.3 Å². The summed E-state index contributed by atoms with van der Waals surface area (Å²) in [6.07, 6.45) is 7.14. The number of unbranched alkanes of at least 4 members (excludes halogenated alkanes) is 1.